The summed E-state index contributed by atoms with van der Waals surface area (Å²) < 4.78 is 0. The van der Waals surface area contributed by atoms with Gasteiger partial charge in [-0.2, -0.15) is 0 Å². The molecule has 0 aliphatic carbocycles. The van der Waals surface area contributed by atoms with Crippen LogP contribution in [-0.4, -0.2) is 41.3 Å². The van der Waals surface area contributed by atoms with Gasteiger partial charge in [0.15, 0.2) is 0 Å². The van der Waals surface area contributed by atoms with Crippen LogP contribution in [0.4, 0.5) is 5.69 Å². The highest BCUT2D eigenvalue weighted by atomic mass is 16.2. The Morgan fingerprint density at radius 2 is 1.94 bits per heavy atom. The maximum Gasteiger partial charge on any atom is 0.228 e. The summed E-state index contributed by atoms with van der Waals surface area (Å²) in [6.07, 6.45) is 5.35. The third-order valence-corrected chi connectivity index (χ3v) is 6.80. The smallest absolute Gasteiger partial charge is 0.228 e. The molecule has 3 heterocycles. The summed E-state index contributed by atoms with van der Waals surface area (Å²) in [4.78, 5) is 32.9. The Morgan fingerprint density at radius 1 is 1.10 bits per heavy atom. The molecule has 2 amide bonds. The average Bonchev–Trinajstić information content (AvgIpc) is 3.39. The number of H-pyrrole nitrogens is 1. The Kier molecular flexibility index (Phi) is 4.89. The first-order valence-corrected chi connectivity index (χ1v) is 10.9. The molecule has 0 radical (unpaired) electrons. The molecule has 0 saturated carbocycles. The van der Waals surface area contributed by atoms with E-state index in [1.54, 1.807) is 4.90 Å². The number of amides is 2. The number of benzene rings is 2. The number of aromatic nitrogens is 1. The molecule has 5 rings (SSSR count). The third-order valence-electron chi connectivity index (χ3n) is 6.80. The van der Waals surface area contributed by atoms with Crippen LogP contribution in [0.5, 0.6) is 0 Å². The molecule has 1 atom stereocenters. The molecule has 1 aromatic heterocycles. The van der Waals surface area contributed by atoms with Crippen LogP contribution in [0, 0.1) is 19.8 Å². The molecule has 158 valence electrons. The number of hydrogen-bond acceptors (Lipinski definition) is 2. The van der Waals surface area contributed by atoms with Gasteiger partial charge in [0, 0.05) is 54.4 Å². The van der Waals surface area contributed by atoms with E-state index in [1.807, 2.05) is 43.0 Å². The summed E-state index contributed by atoms with van der Waals surface area (Å²) in [5, 5.41) is 1.22. The van der Waals surface area contributed by atoms with Gasteiger partial charge in [0.1, 0.15) is 0 Å². The zero-order chi connectivity index (χ0) is 21.5. The van der Waals surface area contributed by atoms with Crippen molar-refractivity contribution in [1.82, 2.24) is 9.88 Å². The predicted molar refractivity (Wildman–Crippen MR) is 124 cm³/mol. The lowest BCUT2D eigenvalue weighted by Gasteiger charge is -2.29. The summed E-state index contributed by atoms with van der Waals surface area (Å²) >= 11 is 0. The average molecular weight is 414 g/mol. The first-order chi connectivity index (χ1) is 15.0. The molecule has 1 saturated heterocycles. The van der Waals surface area contributed by atoms with Crippen LogP contribution >= 0.6 is 0 Å². The maximum absolute atomic E-state index is 13.2. The highest BCUT2D eigenvalue weighted by molar-refractivity contribution is 6.01. The van der Waals surface area contributed by atoms with Crippen LogP contribution in [-0.2, 0) is 9.59 Å². The van der Waals surface area contributed by atoms with Gasteiger partial charge in [-0.15, -0.1) is 0 Å². The van der Waals surface area contributed by atoms with Crippen molar-refractivity contribution < 1.29 is 9.59 Å². The van der Waals surface area contributed by atoms with Crippen molar-refractivity contribution in [3.8, 4) is 0 Å². The minimum atomic E-state index is -0.268. The SMILES string of the molecule is Cc1cccc(N2C[C@H](C(=O)N3CC=C(c4c[nH]c5ccccc45)CC3)CC2=O)c1C. The molecular weight excluding hydrogens is 386 g/mol. The van der Waals surface area contributed by atoms with E-state index in [1.165, 1.54) is 16.5 Å². The van der Waals surface area contributed by atoms with Crippen molar-refractivity contribution in [2.24, 2.45) is 5.92 Å². The summed E-state index contributed by atoms with van der Waals surface area (Å²) in [5.41, 5.74) is 6.83. The van der Waals surface area contributed by atoms with Gasteiger partial charge in [-0.25, -0.2) is 0 Å². The predicted octanol–water partition coefficient (Wildman–Crippen LogP) is 4.45. The molecule has 2 aliphatic heterocycles. The Bertz CT molecular complexity index is 1210. The van der Waals surface area contributed by atoms with Gasteiger partial charge in [0.2, 0.25) is 11.8 Å². The number of hydrogen-bond donors (Lipinski definition) is 1. The van der Waals surface area contributed by atoms with Crippen molar-refractivity contribution in [3.63, 3.8) is 0 Å². The lowest BCUT2D eigenvalue weighted by Crippen LogP contribution is -2.40. The van der Waals surface area contributed by atoms with E-state index < -0.39 is 0 Å². The highest BCUT2D eigenvalue weighted by Crippen LogP contribution is 2.32. The highest BCUT2D eigenvalue weighted by Gasteiger charge is 2.38. The number of aromatic amines is 1. The number of carbonyl (C=O) groups excluding carboxylic acids is 2. The zero-order valence-corrected chi connectivity index (χ0v) is 18.0. The fraction of sp³-hybridized carbons (Fsp3) is 0.308. The van der Waals surface area contributed by atoms with E-state index in [9.17, 15) is 9.59 Å². The third kappa shape index (κ3) is 3.44. The molecule has 31 heavy (non-hydrogen) atoms. The molecule has 1 fully saturated rings. The molecule has 5 nitrogen and oxygen atoms in total. The largest absolute Gasteiger partial charge is 0.361 e. The van der Waals surface area contributed by atoms with Crippen LogP contribution in [0.25, 0.3) is 16.5 Å². The molecule has 5 heteroatoms. The quantitative estimate of drug-likeness (QED) is 0.690. The number of nitrogens with one attached hydrogen (secondary N) is 1. The number of fused-ring (bicyclic) bond motifs is 1. The van der Waals surface area contributed by atoms with Crippen molar-refractivity contribution >= 4 is 34.0 Å². The molecular formula is C26H27N3O2. The van der Waals surface area contributed by atoms with Crippen molar-refractivity contribution in [2.75, 3.05) is 24.5 Å². The first-order valence-electron chi connectivity index (χ1n) is 10.9. The lowest BCUT2D eigenvalue weighted by molar-refractivity contribution is -0.135. The Hall–Kier alpha value is -3.34. The number of nitrogens with zero attached hydrogens (tertiary/aromatic N) is 2. The monoisotopic (exact) mass is 413 g/mol. The Morgan fingerprint density at radius 3 is 2.74 bits per heavy atom. The van der Waals surface area contributed by atoms with Crippen LogP contribution in [0.15, 0.2) is 54.7 Å². The first kappa shape index (κ1) is 19.6. The fourth-order valence-electron chi connectivity index (χ4n) is 4.84. The molecule has 0 spiro atoms. The second-order valence-electron chi connectivity index (χ2n) is 8.64. The second-order valence-corrected chi connectivity index (χ2v) is 8.64. The van der Waals surface area contributed by atoms with Crippen LogP contribution in [0.3, 0.4) is 0 Å². The van der Waals surface area contributed by atoms with E-state index >= 15 is 0 Å². The normalized spacial score (nSPS) is 19.2. The summed E-state index contributed by atoms with van der Waals surface area (Å²) in [6, 6.07) is 14.3. The minimum absolute atomic E-state index is 0.0408. The molecule has 3 aromatic rings. The van der Waals surface area contributed by atoms with Crippen LogP contribution < -0.4 is 4.90 Å². The van der Waals surface area contributed by atoms with Gasteiger partial charge >= 0.3 is 0 Å². The number of aryl methyl sites for hydroxylation is 1. The van der Waals surface area contributed by atoms with E-state index in [4.69, 9.17) is 0 Å². The van der Waals surface area contributed by atoms with Gasteiger partial charge in [-0.3, -0.25) is 9.59 Å². The Labute approximate surface area is 182 Å². The number of anilines is 1. The second kappa shape index (κ2) is 7.73. The number of carbonyl (C=O) groups is 2. The van der Waals surface area contributed by atoms with E-state index in [0.717, 1.165) is 28.8 Å². The standard InChI is InChI=1S/C26H27N3O2/c1-17-6-5-9-24(18(17)2)29-16-20(14-25(29)30)26(31)28-12-10-19(11-13-28)22-15-27-23-8-4-3-7-21(22)23/h3-10,15,20,27H,11-14,16H2,1-2H3/t20-/m1/s1. The topological polar surface area (TPSA) is 56.4 Å². The van der Waals surface area contributed by atoms with Gasteiger partial charge in [0.05, 0.1) is 5.92 Å². The fourth-order valence-corrected chi connectivity index (χ4v) is 4.84. The summed E-state index contributed by atoms with van der Waals surface area (Å²) in [6.45, 7) is 5.85. The molecule has 2 aliphatic rings. The minimum Gasteiger partial charge on any atom is -0.361 e. The van der Waals surface area contributed by atoms with E-state index in [0.29, 0.717) is 26.1 Å². The summed E-state index contributed by atoms with van der Waals surface area (Å²) in [7, 11) is 0. The van der Waals surface area contributed by atoms with Crippen molar-refractivity contribution in [2.45, 2.75) is 26.7 Å². The molecule has 0 bridgehead atoms. The number of rotatable bonds is 3. The van der Waals surface area contributed by atoms with Gasteiger partial charge in [-0.05, 0) is 49.1 Å². The molecule has 0 unspecified atom stereocenters. The van der Waals surface area contributed by atoms with Crippen molar-refractivity contribution in [1.29, 1.82) is 0 Å². The Balaban J connectivity index is 1.29. The van der Waals surface area contributed by atoms with Crippen LogP contribution in [0.2, 0.25) is 0 Å². The van der Waals surface area contributed by atoms with Crippen molar-refractivity contribution in [3.05, 3.63) is 71.4 Å². The molecule has 1 N–H and O–H groups in total. The zero-order valence-electron chi connectivity index (χ0n) is 18.0. The van der Waals surface area contributed by atoms with E-state index in [2.05, 4.69) is 35.5 Å². The van der Waals surface area contributed by atoms with Gasteiger partial charge in [0.25, 0.3) is 0 Å². The van der Waals surface area contributed by atoms with Gasteiger partial charge < -0.3 is 14.8 Å². The van der Waals surface area contributed by atoms with Gasteiger partial charge in [-0.1, -0.05) is 36.4 Å². The molecule has 2 aromatic carbocycles. The van der Waals surface area contributed by atoms with Crippen LogP contribution in [0.1, 0.15) is 29.5 Å². The lowest BCUT2D eigenvalue weighted by atomic mass is 9.97. The van der Waals surface area contributed by atoms with E-state index in [-0.39, 0.29) is 17.7 Å². The number of para-hydroxylation sites is 1. The summed E-state index contributed by atoms with van der Waals surface area (Å²) in [5.74, 6) is -0.134. The maximum atomic E-state index is 13.2.